The molecule has 2 atom stereocenters. The molecule has 4 heterocycles. The minimum Gasteiger partial charge on any atom is -0.418 e. The Labute approximate surface area is 144 Å². The molecule has 0 spiro atoms. The maximum atomic E-state index is 5.81. The second-order valence-electron chi connectivity index (χ2n) is 6.03. The monoisotopic (exact) mass is 344 g/mol. The number of thiophene rings is 1. The molecule has 126 valence electrons. The van der Waals surface area contributed by atoms with Crippen LogP contribution in [0.15, 0.2) is 21.9 Å². The summed E-state index contributed by atoms with van der Waals surface area (Å²) in [5, 5.41) is 18.5. The van der Waals surface area contributed by atoms with Crippen LogP contribution in [-0.4, -0.2) is 31.0 Å². The number of nitrogens with zero attached hydrogens (tertiary/aromatic N) is 5. The van der Waals surface area contributed by atoms with Gasteiger partial charge in [-0.3, -0.25) is 0 Å². The Bertz CT molecular complexity index is 809. The number of fused-ring (bicyclic) bond motifs is 1. The van der Waals surface area contributed by atoms with Gasteiger partial charge in [0.25, 0.3) is 5.89 Å². The molecule has 1 aliphatic rings. The van der Waals surface area contributed by atoms with Crippen LogP contribution in [0.1, 0.15) is 43.8 Å². The third kappa shape index (κ3) is 2.99. The van der Waals surface area contributed by atoms with E-state index in [-0.39, 0.29) is 6.04 Å². The van der Waals surface area contributed by atoms with Crippen LogP contribution >= 0.6 is 11.3 Å². The van der Waals surface area contributed by atoms with Crippen molar-refractivity contribution in [2.45, 2.75) is 51.7 Å². The van der Waals surface area contributed by atoms with Crippen molar-refractivity contribution in [2.75, 3.05) is 0 Å². The topological polar surface area (TPSA) is 81.7 Å². The van der Waals surface area contributed by atoms with Gasteiger partial charge in [-0.2, -0.15) is 5.10 Å². The van der Waals surface area contributed by atoms with Crippen LogP contribution in [0.3, 0.4) is 0 Å². The molecular weight excluding hydrogens is 324 g/mol. The molecule has 1 N–H and O–H groups in total. The Hall–Kier alpha value is -2.06. The first kappa shape index (κ1) is 15.5. The van der Waals surface area contributed by atoms with Gasteiger partial charge >= 0.3 is 0 Å². The average Bonchev–Trinajstić information content (AvgIpc) is 3.32. The highest BCUT2D eigenvalue weighted by Gasteiger charge is 2.24. The van der Waals surface area contributed by atoms with Crippen molar-refractivity contribution in [1.29, 1.82) is 0 Å². The van der Waals surface area contributed by atoms with E-state index in [1.807, 2.05) is 22.2 Å². The maximum Gasteiger partial charge on any atom is 0.257 e. The van der Waals surface area contributed by atoms with Gasteiger partial charge in [0.15, 0.2) is 5.82 Å². The first-order chi connectivity index (χ1) is 11.7. The average molecular weight is 344 g/mol. The molecular formula is C16H20N6OS. The molecule has 0 saturated carbocycles. The van der Waals surface area contributed by atoms with Gasteiger partial charge in [0.05, 0.1) is 17.5 Å². The third-order valence-electron chi connectivity index (χ3n) is 4.25. The van der Waals surface area contributed by atoms with Crippen LogP contribution in [0.25, 0.3) is 10.8 Å². The van der Waals surface area contributed by atoms with Gasteiger partial charge in [-0.1, -0.05) is 13.0 Å². The Morgan fingerprint density at radius 3 is 3.17 bits per heavy atom. The first-order valence-corrected chi connectivity index (χ1v) is 9.17. The van der Waals surface area contributed by atoms with Crippen molar-refractivity contribution >= 4 is 11.3 Å². The van der Waals surface area contributed by atoms with Gasteiger partial charge in [-0.05, 0) is 24.8 Å². The molecule has 7 nitrogen and oxygen atoms in total. The molecule has 0 bridgehead atoms. The van der Waals surface area contributed by atoms with Crippen molar-refractivity contribution in [3.8, 4) is 10.8 Å². The van der Waals surface area contributed by atoms with Gasteiger partial charge in [0.1, 0.15) is 5.82 Å². The third-order valence-corrected chi connectivity index (χ3v) is 5.10. The maximum absolute atomic E-state index is 5.81. The minimum atomic E-state index is 0.00642. The van der Waals surface area contributed by atoms with E-state index in [1.165, 1.54) is 0 Å². The summed E-state index contributed by atoms with van der Waals surface area (Å²) in [7, 11) is 0. The van der Waals surface area contributed by atoms with Crippen molar-refractivity contribution in [3.63, 3.8) is 0 Å². The highest BCUT2D eigenvalue weighted by Crippen LogP contribution is 2.25. The van der Waals surface area contributed by atoms with E-state index in [0.29, 0.717) is 17.8 Å². The number of hydrogen-bond donors (Lipinski definition) is 1. The lowest BCUT2D eigenvalue weighted by molar-refractivity contribution is 0.310. The van der Waals surface area contributed by atoms with Crippen LogP contribution in [0.4, 0.5) is 0 Å². The first-order valence-electron chi connectivity index (χ1n) is 8.29. The quantitative estimate of drug-likeness (QED) is 0.766. The van der Waals surface area contributed by atoms with Crippen molar-refractivity contribution in [1.82, 2.24) is 30.3 Å². The molecule has 0 aliphatic carbocycles. The fourth-order valence-corrected chi connectivity index (χ4v) is 3.62. The molecule has 1 aliphatic heterocycles. The van der Waals surface area contributed by atoms with Crippen LogP contribution < -0.4 is 5.32 Å². The Kier molecular flexibility index (Phi) is 4.15. The molecule has 4 rings (SSSR count). The molecule has 3 aromatic rings. The normalized spacial score (nSPS) is 18.5. The van der Waals surface area contributed by atoms with Crippen molar-refractivity contribution in [2.24, 2.45) is 0 Å². The fraction of sp³-hybridized carbons (Fsp3) is 0.500. The highest BCUT2D eigenvalue weighted by molar-refractivity contribution is 7.13. The van der Waals surface area contributed by atoms with Gasteiger partial charge in [0.2, 0.25) is 5.89 Å². The summed E-state index contributed by atoms with van der Waals surface area (Å²) in [6.07, 6.45) is 2.86. The molecule has 0 radical (unpaired) electrons. The summed E-state index contributed by atoms with van der Waals surface area (Å²) in [4.78, 5) is 5.56. The van der Waals surface area contributed by atoms with E-state index < -0.39 is 0 Å². The zero-order valence-electron chi connectivity index (χ0n) is 13.8. The number of aromatic nitrogens is 5. The number of hydrogen-bond acceptors (Lipinski definition) is 7. The van der Waals surface area contributed by atoms with E-state index in [9.17, 15) is 0 Å². The summed E-state index contributed by atoms with van der Waals surface area (Å²) in [6.45, 7) is 4.97. The number of aryl methyl sites for hydroxylation is 2. The summed E-state index contributed by atoms with van der Waals surface area (Å²) in [5.74, 6) is 3.23. The summed E-state index contributed by atoms with van der Waals surface area (Å²) < 4.78 is 7.84. The Morgan fingerprint density at radius 1 is 1.46 bits per heavy atom. The largest absolute Gasteiger partial charge is 0.418 e. The van der Waals surface area contributed by atoms with E-state index >= 15 is 0 Å². The smallest absolute Gasteiger partial charge is 0.257 e. The molecule has 24 heavy (non-hydrogen) atoms. The lowest BCUT2D eigenvalue weighted by Gasteiger charge is -2.25. The lowest BCUT2D eigenvalue weighted by atomic mass is 10.1. The molecule has 0 unspecified atom stereocenters. The van der Waals surface area contributed by atoms with Crippen LogP contribution in [0.2, 0.25) is 0 Å². The minimum absolute atomic E-state index is 0.00642. The van der Waals surface area contributed by atoms with Gasteiger partial charge < -0.3 is 9.73 Å². The highest BCUT2D eigenvalue weighted by atomic mass is 32.1. The number of nitrogens with one attached hydrogen (secondary N) is 1. The van der Waals surface area contributed by atoms with Crippen LogP contribution in [0, 0.1) is 0 Å². The second-order valence-corrected chi connectivity index (χ2v) is 6.97. The van der Waals surface area contributed by atoms with E-state index in [4.69, 9.17) is 4.42 Å². The Balaban J connectivity index is 1.42. The molecule has 0 saturated heterocycles. The van der Waals surface area contributed by atoms with Crippen molar-refractivity contribution < 1.29 is 4.42 Å². The molecule has 0 amide bonds. The second kappa shape index (κ2) is 6.45. The molecule has 8 heteroatoms. The summed E-state index contributed by atoms with van der Waals surface area (Å²) in [5.41, 5.74) is 0. The molecule has 0 aromatic carbocycles. The van der Waals surface area contributed by atoms with Crippen LogP contribution in [-0.2, 0) is 19.4 Å². The predicted octanol–water partition coefficient (Wildman–Crippen LogP) is 2.62. The van der Waals surface area contributed by atoms with E-state index in [0.717, 1.165) is 42.3 Å². The zero-order chi connectivity index (χ0) is 16.5. The van der Waals surface area contributed by atoms with Crippen molar-refractivity contribution in [3.05, 3.63) is 35.1 Å². The SMILES string of the molecule is CCc1nc2n(n1)C[C@H](N[C@H](C)c1nnc(-c3cccs3)o1)CC2. The van der Waals surface area contributed by atoms with Gasteiger partial charge in [-0.15, -0.1) is 21.5 Å². The standard InChI is InChI=1S/C16H20N6OS/c1-3-13-18-14-7-6-11(9-22(14)21-13)17-10(2)15-19-20-16(23-15)12-5-4-8-24-12/h4-5,8,10-11,17H,3,6-7,9H2,1-2H3/t10-,11-/m1/s1. The Morgan fingerprint density at radius 2 is 2.38 bits per heavy atom. The van der Waals surface area contributed by atoms with Crippen LogP contribution in [0.5, 0.6) is 0 Å². The fourth-order valence-electron chi connectivity index (χ4n) is 2.98. The molecule has 3 aromatic heterocycles. The molecule has 0 fully saturated rings. The van der Waals surface area contributed by atoms with Gasteiger partial charge in [0, 0.05) is 18.9 Å². The van der Waals surface area contributed by atoms with E-state index in [1.54, 1.807) is 11.3 Å². The summed E-state index contributed by atoms with van der Waals surface area (Å²) in [6, 6.07) is 4.30. The summed E-state index contributed by atoms with van der Waals surface area (Å²) >= 11 is 1.60. The van der Waals surface area contributed by atoms with Gasteiger partial charge in [-0.25, -0.2) is 9.67 Å². The predicted molar refractivity (Wildman–Crippen MR) is 90.7 cm³/mol. The van der Waals surface area contributed by atoms with E-state index in [2.05, 4.69) is 39.4 Å². The zero-order valence-corrected chi connectivity index (χ0v) is 14.6. The number of rotatable bonds is 5. The lowest BCUT2D eigenvalue weighted by Crippen LogP contribution is -2.39.